The standard InChI is InChI=1S/C27H29Cl2N5O5S/c1-40(37,38)33-22-8-4-5-9-23(22)34-25(20-11-10-16(28)12-21(20)29)24(18-6-2-3-7-19(18)27(34)36)26(35)32-39-14-17-13-30-15-31-17/h2-3,6-7,10-13,15,22-25,33H,4-5,8-9,14H2,1H3,(H,30,31)(H,32,35)/t22-,23?,24+,25-/m0/s1. The van der Waals surface area contributed by atoms with Crippen LogP contribution in [-0.2, 0) is 26.3 Å². The Balaban J connectivity index is 1.61. The summed E-state index contributed by atoms with van der Waals surface area (Å²) in [6, 6.07) is 9.92. The fraction of sp³-hybridized carbons (Fsp3) is 0.370. The molecule has 1 aromatic heterocycles. The highest BCUT2D eigenvalue weighted by molar-refractivity contribution is 7.88. The van der Waals surface area contributed by atoms with Crippen LogP contribution in [0.5, 0.6) is 0 Å². The summed E-state index contributed by atoms with van der Waals surface area (Å²) in [4.78, 5) is 42.2. The molecule has 2 aliphatic rings. The minimum Gasteiger partial charge on any atom is -0.351 e. The van der Waals surface area contributed by atoms with Gasteiger partial charge in [0.2, 0.25) is 10.0 Å². The average molecular weight is 607 g/mol. The van der Waals surface area contributed by atoms with Crippen LogP contribution in [0, 0.1) is 0 Å². The third-order valence-electron chi connectivity index (χ3n) is 7.34. The molecule has 10 nitrogen and oxygen atoms in total. The van der Waals surface area contributed by atoms with E-state index >= 15 is 0 Å². The highest BCUT2D eigenvalue weighted by Crippen LogP contribution is 2.47. The highest BCUT2D eigenvalue weighted by atomic mass is 35.5. The first kappa shape index (κ1) is 28.6. The first-order chi connectivity index (χ1) is 19.1. The zero-order valence-corrected chi connectivity index (χ0v) is 24.0. The smallest absolute Gasteiger partial charge is 0.255 e. The number of imidazole rings is 1. The van der Waals surface area contributed by atoms with Gasteiger partial charge < -0.3 is 9.88 Å². The molecule has 2 heterocycles. The molecule has 4 atom stereocenters. The number of rotatable bonds is 8. The van der Waals surface area contributed by atoms with Crippen LogP contribution in [0.4, 0.5) is 0 Å². The van der Waals surface area contributed by atoms with Crippen LogP contribution in [-0.4, -0.2) is 53.4 Å². The number of aromatic amines is 1. The number of nitrogens with one attached hydrogen (secondary N) is 3. The summed E-state index contributed by atoms with van der Waals surface area (Å²) in [7, 11) is -3.57. The molecule has 1 aliphatic carbocycles. The molecule has 5 rings (SSSR count). The third kappa shape index (κ3) is 6.03. The van der Waals surface area contributed by atoms with Gasteiger partial charge in [0, 0.05) is 33.9 Å². The summed E-state index contributed by atoms with van der Waals surface area (Å²) in [5.41, 5.74) is 4.53. The average Bonchev–Trinajstić information content (AvgIpc) is 3.42. The van der Waals surface area contributed by atoms with Gasteiger partial charge in [-0.05, 0) is 42.2 Å². The Hall–Kier alpha value is -2.96. The lowest BCUT2D eigenvalue weighted by molar-refractivity contribution is -0.138. The molecule has 2 amide bonds. The molecule has 0 radical (unpaired) electrons. The van der Waals surface area contributed by atoms with Gasteiger partial charge in [-0.25, -0.2) is 23.6 Å². The molecule has 0 saturated heterocycles. The lowest BCUT2D eigenvalue weighted by Crippen LogP contribution is -2.59. The Bertz CT molecular complexity index is 1500. The summed E-state index contributed by atoms with van der Waals surface area (Å²) in [5.74, 6) is -1.71. The van der Waals surface area contributed by atoms with Gasteiger partial charge in [-0.1, -0.05) is 60.3 Å². The van der Waals surface area contributed by atoms with Gasteiger partial charge in [0.05, 0.1) is 30.2 Å². The zero-order valence-electron chi connectivity index (χ0n) is 21.6. The minimum absolute atomic E-state index is 0.0294. The quantitative estimate of drug-likeness (QED) is 0.331. The van der Waals surface area contributed by atoms with Gasteiger partial charge in [-0.2, -0.15) is 0 Å². The minimum atomic E-state index is -3.57. The van der Waals surface area contributed by atoms with Crippen molar-refractivity contribution >= 4 is 45.0 Å². The molecular weight excluding hydrogens is 577 g/mol. The van der Waals surface area contributed by atoms with E-state index < -0.39 is 40.0 Å². The van der Waals surface area contributed by atoms with E-state index in [-0.39, 0.29) is 17.5 Å². The molecule has 212 valence electrons. The van der Waals surface area contributed by atoms with Crippen LogP contribution in [0.2, 0.25) is 10.0 Å². The van der Waals surface area contributed by atoms with Crippen molar-refractivity contribution in [2.45, 2.75) is 56.3 Å². The van der Waals surface area contributed by atoms with E-state index in [4.69, 9.17) is 28.0 Å². The number of carbonyl (C=O) groups excluding carboxylic acids is 2. The molecule has 0 bridgehead atoms. The Kier molecular flexibility index (Phi) is 8.48. The van der Waals surface area contributed by atoms with Gasteiger partial charge in [-0.15, -0.1) is 0 Å². The van der Waals surface area contributed by atoms with E-state index in [1.807, 2.05) is 0 Å². The number of aromatic nitrogens is 2. The Morgan fingerprint density at radius 3 is 2.65 bits per heavy atom. The van der Waals surface area contributed by atoms with Crippen LogP contribution in [0.3, 0.4) is 0 Å². The topological polar surface area (TPSA) is 133 Å². The van der Waals surface area contributed by atoms with Crippen molar-refractivity contribution in [1.82, 2.24) is 25.1 Å². The van der Waals surface area contributed by atoms with Gasteiger partial charge in [0.25, 0.3) is 11.8 Å². The predicted octanol–water partition coefficient (Wildman–Crippen LogP) is 4.11. The van der Waals surface area contributed by atoms with Crippen LogP contribution in [0.15, 0.2) is 55.0 Å². The number of H-pyrrole nitrogens is 1. The largest absolute Gasteiger partial charge is 0.351 e. The summed E-state index contributed by atoms with van der Waals surface area (Å²) in [5, 5.41) is 0.689. The summed E-state index contributed by atoms with van der Waals surface area (Å²) < 4.78 is 27.3. The van der Waals surface area contributed by atoms with Crippen molar-refractivity contribution in [1.29, 1.82) is 0 Å². The van der Waals surface area contributed by atoms with Crippen LogP contribution in [0.25, 0.3) is 0 Å². The SMILES string of the molecule is CS(=O)(=O)N[C@H]1CCCCC1N1C(=O)c2ccccc2[C@@H](C(=O)NOCc2c[nH]cn2)[C@@H]1c1ccc(Cl)cc1Cl. The molecule has 2 aromatic carbocycles. The van der Waals surface area contributed by atoms with E-state index in [0.717, 1.165) is 19.1 Å². The zero-order chi connectivity index (χ0) is 28.4. The monoisotopic (exact) mass is 605 g/mol. The molecule has 40 heavy (non-hydrogen) atoms. The van der Waals surface area contributed by atoms with E-state index in [1.54, 1.807) is 53.6 Å². The van der Waals surface area contributed by atoms with Crippen molar-refractivity contribution < 1.29 is 22.8 Å². The second kappa shape index (κ2) is 11.9. The van der Waals surface area contributed by atoms with Crippen LogP contribution < -0.4 is 10.2 Å². The lowest BCUT2D eigenvalue weighted by Gasteiger charge is -2.49. The second-order valence-corrected chi connectivity index (χ2v) is 12.7. The number of halogens is 2. The fourth-order valence-corrected chi connectivity index (χ4v) is 7.09. The number of nitrogens with zero attached hydrogens (tertiary/aromatic N) is 2. The first-order valence-corrected chi connectivity index (χ1v) is 15.5. The molecule has 1 unspecified atom stereocenters. The Morgan fingerprint density at radius 2 is 1.93 bits per heavy atom. The molecule has 13 heteroatoms. The number of fused-ring (bicyclic) bond motifs is 1. The van der Waals surface area contributed by atoms with Crippen molar-refractivity contribution in [3.8, 4) is 0 Å². The highest BCUT2D eigenvalue weighted by Gasteiger charge is 2.49. The molecule has 1 fully saturated rings. The van der Waals surface area contributed by atoms with Gasteiger partial charge in [-0.3, -0.25) is 14.4 Å². The maximum Gasteiger partial charge on any atom is 0.255 e. The molecular formula is C27H29Cl2N5O5S. The normalized spacial score (nSPS) is 23.1. The third-order valence-corrected chi connectivity index (χ3v) is 8.63. The lowest BCUT2D eigenvalue weighted by atomic mass is 9.76. The maximum absolute atomic E-state index is 14.2. The Morgan fingerprint density at radius 1 is 1.15 bits per heavy atom. The number of hydrogen-bond donors (Lipinski definition) is 3. The second-order valence-electron chi connectivity index (χ2n) is 10.1. The number of carbonyl (C=O) groups is 2. The Labute approximate surface area is 242 Å². The van der Waals surface area contributed by atoms with E-state index in [1.165, 1.54) is 6.33 Å². The van der Waals surface area contributed by atoms with Crippen molar-refractivity contribution in [3.05, 3.63) is 87.4 Å². The van der Waals surface area contributed by atoms with E-state index in [9.17, 15) is 18.0 Å². The fourth-order valence-electron chi connectivity index (χ4n) is 5.74. The van der Waals surface area contributed by atoms with Crippen LogP contribution >= 0.6 is 23.2 Å². The molecule has 0 spiro atoms. The number of benzene rings is 2. The molecule has 3 aromatic rings. The van der Waals surface area contributed by atoms with Gasteiger partial charge in [0.15, 0.2) is 0 Å². The molecule has 1 saturated carbocycles. The number of hydroxylamine groups is 1. The summed E-state index contributed by atoms with van der Waals surface area (Å²) >= 11 is 12.9. The number of amides is 2. The van der Waals surface area contributed by atoms with Crippen molar-refractivity contribution in [2.75, 3.05) is 6.26 Å². The number of hydrogen-bond acceptors (Lipinski definition) is 6. The van der Waals surface area contributed by atoms with Gasteiger partial charge in [0.1, 0.15) is 6.61 Å². The predicted molar refractivity (Wildman–Crippen MR) is 150 cm³/mol. The van der Waals surface area contributed by atoms with E-state index in [0.29, 0.717) is 40.2 Å². The first-order valence-electron chi connectivity index (χ1n) is 12.9. The van der Waals surface area contributed by atoms with E-state index in [2.05, 4.69) is 20.2 Å². The van der Waals surface area contributed by atoms with Crippen LogP contribution in [0.1, 0.15) is 64.8 Å². The maximum atomic E-state index is 14.2. The van der Waals surface area contributed by atoms with Crippen molar-refractivity contribution in [2.24, 2.45) is 0 Å². The molecule has 1 aliphatic heterocycles. The summed E-state index contributed by atoms with van der Waals surface area (Å²) in [6.07, 6.45) is 6.96. The summed E-state index contributed by atoms with van der Waals surface area (Å²) in [6.45, 7) is 0.0294. The van der Waals surface area contributed by atoms with Crippen molar-refractivity contribution in [3.63, 3.8) is 0 Å². The van der Waals surface area contributed by atoms with Gasteiger partial charge >= 0.3 is 0 Å². The molecule has 3 N–H and O–H groups in total. The number of sulfonamides is 1.